The second-order valence-electron chi connectivity index (χ2n) is 4.97. The van der Waals surface area contributed by atoms with Crippen LogP contribution in [0.4, 0.5) is 4.39 Å². The smallest absolute Gasteiger partial charge is 0.185 e. The molecule has 0 radical (unpaired) electrons. The highest BCUT2D eigenvalue weighted by atomic mass is 32.2. The third-order valence-corrected chi connectivity index (χ3v) is 4.32. The van der Waals surface area contributed by atoms with Crippen molar-refractivity contribution in [1.29, 1.82) is 0 Å². The lowest BCUT2D eigenvalue weighted by Gasteiger charge is -2.09. The molecule has 0 bridgehead atoms. The molecule has 0 fully saturated rings. The van der Waals surface area contributed by atoms with E-state index in [9.17, 15) is 12.8 Å². The summed E-state index contributed by atoms with van der Waals surface area (Å²) in [5, 5.41) is 4.02. The second-order valence-corrected chi connectivity index (χ2v) is 6.96. The highest BCUT2D eigenvalue weighted by Gasteiger charge is 2.19. The minimum atomic E-state index is -3.63. The fourth-order valence-corrected chi connectivity index (χ4v) is 3.12. The maximum absolute atomic E-state index is 13.1. The zero-order chi connectivity index (χ0) is 14.8. The van der Waals surface area contributed by atoms with Crippen molar-refractivity contribution in [3.05, 3.63) is 42.2 Å². The summed E-state index contributed by atoms with van der Waals surface area (Å²) >= 11 is 0. The molecule has 7 heteroatoms. The highest BCUT2D eigenvalue weighted by Crippen LogP contribution is 2.16. The van der Waals surface area contributed by atoms with E-state index >= 15 is 0 Å². The summed E-state index contributed by atoms with van der Waals surface area (Å²) < 4.78 is 39.2. The third-order valence-electron chi connectivity index (χ3n) is 2.71. The summed E-state index contributed by atoms with van der Waals surface area (Å²) in [5.74, 6) is -0.173. The van der Waals surface area contributed by atoms with E-state index in [0.29, 0.717) is 18.3 Å². The third kappa shape index (κ3) is 3.41. The van der Waals surface area contributed by atoms with Crippen LogP contribution in [0, 0.1) is 11.7 Å². The molecular formula is C13H16FN3O2S. The van der Waals surface area contributed by atoms with Crippen LogP contribution in [0.1, 0.15) is 19.7 Å². The van der Waals surface area contributed by atoms with Crippen molar-refractivity contribution in [1.82, 2.24) is 14.8 Å². The van der Waals surface area contributed by atoms with Crippen molar-refractivity contribution < 1.29 is 12.8 Å². The van der Waals surface area contributed by atoms with Crippen LogP contribution in [0.15, 0.2) is 35.5 Å². The molecule has 1 heterocycles. The number of nitrogens with zero attached hydrogens (tertiary/aromatic N) is 3. The summed E-state index contributed by atoms with van der Waals surface area (Å²) in [7, 11) is -3.63. The Morgan fingerprint density at radius 1 is 1.35 bits per heavy atom. The van der Waals surface area contributed by atoms with Gasteiger partial charge in [0.15, 0.2) is 9.84 Å². The molecule has 2 aromatic rings. The molecule has 0 spiro atoms. The van der Waals surface area contributed by atoms with Gasteiger partial charge in [0.05, 0.1) is 4.90 Å². The standard InChI is InChI=1S/C13H16FN3O2S/c1-10(2)7-17-13(15-9-16-17)8-20(18,19)12-5-3-4-11(14)6-12/h3-6,9-10H,7-8H2,1-2H3. The molecule has 0 saturated heterocycles. The second kappa shape index (κ2) is 5.70. The predicted octanol–water partition coefficient (Wildman–Crippen LogP) is 2.05. The highest BCUT2D eigenvalue weighted by molar-refractivity contribution is 7.90. The Morgan fingerprint density at radius 2 is 2.10 bits per heavy atom. The van der Waals surface area contributed by atoms with Crippen molar-refractivity contribution in [2.75, 3.05) is 0 Å². The number of benzene rings is 1. The Balaban J connectivity index is 2.27. The van der Waals surface area contributed by atoms with E-state index in [4.69, 9.17) is 0 Å². The van der Waals surface area contributed by atoms with Gasteiger partial charge in [0.1, 0.15) is 23.7 Å². The Labute approximate surface area is 117 Å². The van der Waals surface area contributed by atoms with Crippen molar-refractivity contribution in [3.8, 4) is 0 Å². The predicted molar refractivity (Wildman–Crippen MR) is 72.1 cm³/mol. The largest absolute Gasteiger partial charge is 0.249 e. The van der Waals surface area contributed by atoms with Gasteiger partial charge in [0.2, 0.25) is 0 Å². The topological polar surface area (TPSA) is 64.8 Å². The average molecular weight is 297 g/mol. The normalized spacial score (nSPS) is 12.0. The monoisotopic (exact) mass is 297 g/mol. The van der Waals surface area contributed by atoms with Crippen LogP contribution >= 0.6 is 0 Å². The molecule has 0 unspecified atom stereocenters. The lowest BCUT2D eigenvalue weighted by molar-refractivity contribution is 0.470. The summed E-state index contributed by atoms with van der Waals surface area (Å²) in [5.41, 5.74) is 0. The molecule has 0 N–H and O–H groups in total. The first-order valence-corrected chi connectivity index (χ1v) is 7.89. The molecule has 0 aliphatic rings. The van der Waals surface area contributed by atoms with Gasteiger partial charge in [0.25, 0.3) is 0 Å². The number of hydrogen-bond acceptors (Lipinski definition) is 4. The molecule has 1 aromatic carbocycles. The van der Waals surface area contributed by atoms with Gasteiger partial charge in [-0.15, -0.1) is 0 Å². The summed E-state index contributed by atoms with van der Waals surface area (Å²) in [6.45, 7) is 4.60. The van der Waals surface area contributed by atoms with E-state index in [1.165, 1.54) is 24.5 Å². The molecular weight excluding hydrogens is 281 g/mol. The Hall–Kier alpha value is -1.76. The van der Waals surface area contributed by atoms with E-state index in [0.717, 1.165) is 6.07 Å². The SMILES string of the molecule is CC(C)Cn1ncnc1CS(=O)(=O)c1cccc(F)c1. The zero-order valence-electron chi connectivity index (χ0n) is 11.3. The zero-order valence-corrected chi connectivity index (χ0v) is 12.1. The molecule has 5 nitrogen and oxygen atoms in total. The van der Waals surface area contributed by atoms with Gasteiger partial charge in [-0.1, -0.05) is 19.9 Å². The van der Waals surface area contributed by atoms with E-state index in [1.54, 1.807) is 4.68 Å². The van der Waals surface area contributed by atoms with Crippen LogP contribution in [0.5, 0.6) is 0 Å². The van der Waals surface area contributed by atoms with E-state index < -0.39 is 15.7 Å². The molecule has 0 atom stereocenters. The number of halogens is 1. The van der Waals surface area contributed by atoms with Crippen molar-refractivity contribution in [2.45, 2.75) is 31.0 Å². The van der Waals surface area contributed by atoms with Gasteiger partial charge < -0.3 is 0 Å². The summed E-state index contributed by atoms with van der Waals surface area (Å²) in [6.07, 6.45) is 1.33. The van der Waals surface area contributed by atoms with E-state index in [-0.39, 0.29) is 10.6 Å². The fraction of sp³-hybridized carbons (Fsp3) is 0.385. The van der Waals surface area contributed by atoms with Gasteiger partial charge in [0, 0.05) is 6.54 Å². The van der Waals surface area contributed by atoms with Gasteiger partial charge in [-0.25, -0.2) is 22.5 Å². The number of rotatable bonds is 5. The quantitative estimate of drug-likeness (QED) is 0.847. The molecule has 0 saturated carbocycles. The van der Waals surface area contributed by atoms with Crippen LogP contribution < -0.4 is 0 Å². The molecule has 0 aliphatic heterocycles. The Morgan fingerprint density at radius 3 is 2.75 bits per heavy atom. The number of aromatic nitrogens is 3. The number of hydrogen-bond donors (Lipinski definition) is 0. The number of sulfone groups is 1. The molecule has 20 heavy (non-hydrogen) atoms. The minimum absolute atomic E-state index is 0.0448. The van der Waals surface area contributed by atoms with Crippen LogP contribution in [-0.2, 0) is 22.1 Å². The maximum Gasteiger partial charge on any atom is 0.185 e. The summed E-state index contributed by atoms with van der Waals surface area (Å²) in [4.78, 5) is 3.94. The van der Waals surface area contributed by atoms with E-state index in [2.05, 4.69) is 10.1 Å². The van der Waals surface area contributed by atoms with Crippen molar-refractivity contribution >= 4 is 9.84 Å². The fourth-order valence-electron chi connectivity index (χ4n) is 1.81. The van der Waals surface area contributed by atoms with Gasteiger partial charge in [-0.3, -0.25) is 0 Å². The molecule has 108 valence electrons. The van der Waals surface area contributed by atoms with Gasteiger partial charge in [-0.2, -0.15) is 5.10 Å². The Kier molecular flexibility index (Phi) is 4.17. The van der Waals surface area contributed by atoms with Crippen LogP contribution in [-0.4, -0.2) is 23.2 Å². The molecule has 1 aromatic heterocycles. The lowest BCUT2D eigenvalue weighted by Crippen LogP contribution is -2.14. The van der Waals surface area contributed by atoms with Crippen molar-refractivity contribution in [3.63, 3.8) is 0 Å². The lowest BCUT2D eigenvalue weighted by atomic mass is 10.2. The minimum Gasteiger partial charge on any atom is -0.249 e. The summed E-state index contributed by atoms with van der Waals surface area (Å²) in [6, 6.07) is 4.97. The molecule has 0 amide bonds. The first kappa shape index (κ1) is 14.6. The molecule has 2 rings (SSSR count). The maximum atomic E-state index is 13.1. The van der Waals surface area contributed by atoms with Crippen LogP contribution in [0.2, 0.25) is 0 Å². The first-order chi connectivity index (χ1) is 9.38. The molecule has 0 aliphatic carbocycles. The first-order valence-electron chi connectivity index (χ1n) is 6.23. The van der Waals surface area contributed by atoms with Crippen LogP contribution in [0.3, 0.4) is 0 Å². The van der Waals surface area contributed by atoms with E-state index in [1.807, 2.05) is 13.8 Å². The average Bonchev–Trinajstić information content (AvgIpc) is 2.75. The van der Waals surface area contributed by atoms with Crippen molar-refractivity contribution in [2.24, 2.45) is 5.92 Å². The Bertz CT molecular complexity index is 695. The van der Waals surface area contributed by atoms with Gasteiger partial charge in [-0.05, 0) is 24.1 Å². The van der Waals surface area contributed by atoms with Crippen LogP contribution in [0.25, 0.3) is 0 Å². The van der Waals surface area contributed by atoms with Gasteiger partial charge >= 0.3 is 0 Å².